The number of unbranched alkanes of at least 4 members (excludes halogenated alkanes) is 57. The van der Waals surface area contributed by atoms with E-state index in [0.717, 1.165) is 102 Å². The predicted octanol–water partition coefficient (Wildman–Crippen LogP) is 27.0. The topological polar surface area (TPSA) is 237 Å². The molecule has 0 saturated heterocycles. The van der Waals surface area contributed by atoms with Crippen molar-refractivity contribution in [3.05, 3.63) is 0 Å². The molecule has 19 heteroatoms. The van der Waals surface area contributed by atoms with E-state index in [1.165, 1.54) is 289 Å². The van der Waals surface area contributed by atoms with Crippen molar-refractivity contribution in [2.24, 2.45) is 11.8 Å². The Hall–Kier alpha value is -1.94. The summed E-state index contributed by atoms with van der Waals surface area (Å²) in [5.74, 6) is -0.502. The zero-order chi connectivity index (χ0) is 78.5. The summed E-state index contributed by atoms with van der Waals surface area (Å²) in [4.78, 5) is 73.3. The van der Waals surface area contributed by atoms with Crippen LogP contribution in [-0.4, -0.2) is 96.7 Å². The lowest BCUT2D eigenvalue weighted by atomic mass is 10.0. The van der Waals surface area contributed by atoms with Crippen molar-refractivity contribution in [2.45, 2.75) is 490 Å². The Labute approximate surface area is 658 Å². The van der Waals surface area contributed by atoms with Gasteiger partial charge >= 0.3 is 39.5 Å². The normalized spacial score (nSPS) is 13.8. The van der Waals surface area contributed by atoms with E-state index in [-0.39, 0.29) is 25.7 Å². The molecule has 17 nitrogen and oxygen atoms in total. The molecule has 5 atom stereocenters. The van der Waals surface area contributed by atoms with Gasteiger partial charge in [0.25, 0.3) is 0 Å². The number of carbonyl (C=O) groups is 4. The number of esters is 4. The average molecular weight is 1560 g/mol. The van der Waals surface area contributed by atoms with Crippen molar-refractivity contribution in [1.82, 2.24) is 0 Å². The molecule has 0 rings (SSSR count). The maximum Gasteiger partial charge on any atom is 0.472 e. The Balaban J connectivity index is 5.23. The maximum absolute atomic E-state index is 13.2. The minimum absolute atomic E-state index is 0.107. The summed E-state index contributed by atoms with van der Waals surface area (Å²) >= 11 is 0. The first-order valence-electron chi connectivity index (χ1n) is 45.5. The lowest BCUT2D eigenvalue weighted by Gasteiger charge is -2.21. The number of aliphatic hydroxyl groups excluding tert-OH is 1. The SMILES string of the molecule is CCCCCCCCCCCCCCCCCCCCCCC(=O)OC[C@H](COP(=O)(O)OC[C@@H](O)COP(=O)(O)OC[C@@H](COC(=O)CCCCCCCCCCCCC)OC(=O)CCCCCCCCCCCCCCC(C)C)OC(=O)CCCCCCCCCCCCCCCCCCCCC(C)C. The molecule has 0 aliphatic carbocycles. The fourth-order valence-electron chi connectivity index (χ4n) is 13.8. The fourth-order valence-corrected chi connectivity index (χ4v) is 15.4. The van der Waals surface area contributed by atoms with Gasteiger partial charge in [0.1, 0.15) is 19.3 Å². The summed E-state index contributed by atoms with van der Waals surface area (Å²) in [5.41, 5.74) is 0. The van der Waals surface area contributed by atoms with E-state index in [4.69, 9.17) is 37.0 Å². The molecule has 0 spiro atoms. The minimum atomic E-state index is -4.97. The van der Waals surface area contributed by atoms with E-state index >= 15 is 0 Å². The molecule has 0 radical (unpaired) electrons. The van der Waals surface area contributed by atoms with Crippen LogP contribution in [0.1, 0.15) is 472 Å². The third-order valence-corrected chi connectivity index (χ3v) is 22.6. The quantitative estimate of drug-likeness (QED) is 0.0222. The van der Waals surface area contributed by atoms with Crippen molar-refractivity contribution < 1.29 is 80.2 Å². The summed E-state index contributed by atoms with van der Waals surface area (Å²) in [5, 5.41) is 10.7. The van der Waals surface area contributed by atoms with Crippen molar-refractivity contribution >= 4 is 39.5 Å². The van der Waals surface area contributed by atoms with Crippen LogP contribution in [0.4, 0.5) is 0 Å². The molecule has 0 bridgehead atoms. The molecular weight excluding hydrogens is 1390 g/mol. The molecule has 2 unspecified atom stereocenters. The largest absolute Gasteiger partial charge is 0.472 e. The van der Waals surface area contributed by atoms with Crippen molar-refractivity contribution in [3.8, 4) is 0 Å². The van der Waals surface area contributed by atoms with E-state index in [1.807, 2.05) is 0 Å². The second-order valence-electron chi connectivity index (χ2n) is 32.6. The van der Waals surface area contributed by atoms with Crippen LogP contribution in [0.15, 0.2) is 0 Å². The highest BCUT2D eigenvalue weighted by Gasteiger charge is 2.30. The summed E-state index contributed by atoms with van der Waals surface area (Å²) in [6.07, 6.45) is 72.2. The fraction of sp³-hybridized carbons (Fsp3) is 0.955. The molecule has 0 aromatic rings. The number of hydrogen-bond donors (Lipinski definition) is 3. The standard InChI is InChI=1S/C88H172O17P2/c1-7-9-11-13-15-17-19-20-21-22-23-24-28-31-34-41-47-53-59-65-71-86(91)99-77-84(104-87(92)72-66-60-54-48-42-35-32-29-26-25-27-30-33-39-44-50-56-62-68-80(3)4)79-103-107(96,97)101-75-82(89)74-100-106(94,95)102-78-83(76-98-85(90)70-64-58-52-46-38-18-16-14-12-10-8-2)105-88(93)73-67-61-55-49-43-37-36-40-45-51-57-63-69-81(5)6/h80-84,89H,7-79H2,1-6H3,(H,94,95)(H,96,97)/t82-,83+,84+/m0/s1. The van der Waals surface area contributed by atoms with Crippen molar-refractivity contribution in [1.29, 1.82) is 0 Å². The highest BCUT2D eigenvalue weighted by Crippen LogP contribution is 2.45. The third kappa shape index (κ3) is 81.9. The molecule has 107 heavy (non-hydrogen) atoms. The molecular formula is C88H172O17P2. The first kappa shape index (κ1) is 105. The molecule has 0 amide bonds. The second kappa shape index (κ2) is 79.3. The van der Waals surface area contributed by atoms with Crippen LogP contribution >= 0.6 is 15.6 Å². The van der Waals surface area contributed by atoms with E-state index in [2.05, 4.69) is 41.5 Å². The number of aliphatic hydroxyl groups is 1. The molecule has 0 aromatic carbocycles. The lowest BCUT2D eigenvalue weighted by molar-refractivity contribution is -0.161. The summed E-state index contributed by atoms with van der Waals surface area (Å²) in [7, 11) is -9.93. The number of rotatable bonds is 87. The Morgan fingerprint density at radius 2 is 0.430 bits per heavy atom. The van der Waals surface area contributed by atoms with Gasteiger partial charge in [-0.15, -0.1) is 0 Å². The predicted molar refractivity (Wildman–Crippen MR) is 442 cm³/mol. The van der Waals surface area contributed by atoms with Gasteiger partial charge in [0.2, 0.25) is 0 Å². The van der Waals surface area contributed by atoms with Gasteiger partial charge in [-0.25, -0.2) is 9.13 Å². The second-order valence-corrected chi connectivity index (χ2v) is 35.5. The van der Waals surface area contributed by atoms with E-state index < -0.39 is 97.5 Å². The molecule has 0 aromatic heterocycles. The van der Waals surface area contributed by atoms with Crippen LogP contribution in [0.25, 0.3) is 0 Å². The van der Waals surface area contributed by atoms with E-state index in [9.17, 15) is 43.2 Å². The minimum Gasteiger partial charge on any atom is -0.462 e. The van der Waals surface area contributed by atoms with Gasteiger partial charge in [-0.2, -0.15) is 0 Å². The van der Waals surface area contributed by atoms with Crippen LogP contribution in [0.2, 0.25) is 0 Å². The highest BCUT2D eigenvalue weighted by molar-refractivity contribution is 7.47. The lowest BCUT2D eigenvalue weighted by Crippen LogP contribution is -2.30. The van der Waals surface area contributed by atoms with E-state index in [1.54, 1.807) is 0 Å². The first-order chi connectivity index (χ1) is 51.9. The molecule has 0 aliphatic rings. The first-order valence-corrected chi connectivity index (χ1v) is 48.5. The number of carbonyl (C=O) groups excluding carboxylic acids is 4. The van der Waals surface area contributed by atoms with Gasteiger partial charge in [0.05, 0.1) is 26.4 Å². The Morgan fingerprint density at radius 1 is 0.252 bits per heavy atom. The monoisotopic (exact) mass is 1560 g/mol. The zero-order valence-electron chi connectivity index (χ0n) is 70.5. The number of hydrogen-bond acceptors (Lipinski definition) is 15. The maximum atomic E-state index is 13.2. The third-order valence-electron chi connectivity index (χ3n) is 20.7. The van der Waals surface area contributed by atoms with Crippen LogP contribution in [-0.2, 0) is 65.4 Å². The van der Waals surface area contributed by atoms with E-state index in [0.29, 0.717) is 25.7 Å². The smallest absolute Gasteiger partial charge is 0.462 e. The van der Waals surface area contributed by atoms with Crippen LogP contribution in [0, 0.1) is 11.8 Å². The van der Waals surface area contributed by atoms with Crippen molar-refractivity contribution in [3.63, 3.8) is 0 Å². The number of phosphoric ester groups is 2. The number of phosphoric acid groups is 2. The molecule has 3 N–H and O–H groups in total. The van der Waals surface area contributed by atoms with Crippen LogP contribution in [0.5, 0.6) is 0 Å². The number of ether oxygens (including phenoxy) is 4. The van der Waals surface area contributed by atoms with Gasteiger partial charge in [0.15, 0.2) is 12.2 Å². The van der Waals surface area contributed by atoms with Gasteiger partial charge < -0.3 is 33.8 Å². The average Bonchev–Trinajstić information content (AvgIpc) is 0.902. The van der Waals surface area contributed by atoms with Crippen LogP contribution in [0.3, 0.4) is 0 Å². The molecule has 636 valence electrons. The van der Waals surface area contributed by atoms with Crippen LogP contribution < -0.4 is 0 Å². The van der Waals surface area contributed by atoms with Crippen molar-refractivity contribution in [2.75, 3.05) is 39.6 Å². The molecule has 0 saturated carbocycles. The molecule has 0 aliphatic heterocycles. The Morgan fingerprint density at radius 3 is 0.636 bits per heavy atom. The molecule has 0 heterocycles. The van der Waals surface area contributed by atoms with Gasteiger partial charge in [0, 0.05) is 25.7 Å². The van der Waals surface area contributed by atoms with Gasteiger partial charge in [-0.1, -0.05) is 420 Å². The van der Waals surface area contributed by atoms with Gasteiger partial charge in [-0.05, 0) is 37.5 Å². The zero-order valence-corrected chi connectivity index (χ0v) is 72.2. The summed E-state index contributed by atoms with van der Waals surface area (Å²) < 4.78 is 69.0. The van der Waals surface area contributed by atoms with Gasteiger partial charge in [-0.3, -0.25) is 37.3 Å². The summed E-state index contributed by atoms with van der Waals surface area (Å²) in [6, 6.07) is 0. The Bertz CT molecular complexity index is 2050. The Kier molecular flexibility index (Phi) is 77.9. The molecule has 0 fully saturated rings. The summed E-state index contributed by atoms with van der Waals surface area (Å²) in [6.45, 7) is 9.72. The highest BCUT2D eigenvalue weighted by atomic mass is 31.2.